The normalized spacial score (nSPS) is 12.6. The predicted octanol–water partition coefficient (Wildman–Crippen LogP) is 4.27. The van der Waals surface area contributed by atoms with Crippen LogP contribution in [0.25, 0.3) is 0 Å². The van der Waals surface area contributed by atoms with Crippen molar-refractivity contribution in [1.29, 1.82) is 0 Å². The molecule has 1 heterocycles. The minimum atomic E-state index is -0.400. The highest BCUT2D eigenvalue weighted by atomic mass is 32.1. The lowest BCUT2D eigenvalue weighted by Crippen LogP contribution is -2.21. The maximum atomic E-state index is 13.7. The zero-order valence-corrected chi connectivity index (χ0v) is 10.9. The Bertz CT molecular complexity index is 497. The topological polar surface area (TPSA) is 12.0 Å². The second-order valence-corrected chi connectivity index (χ2v) is 5.12. The second kappa shape index (κ2) is 6.07. The summed E-state index contributed by atoms with van der Waals surface area (Å²) in [6.45, 7) is 2.63. The van der Waals surface area contributed by atoms with E-state index in [1.54, 1.807) is 11.3 Å². The standard InChI is InChI=1S/C14H15F2NS/c1-2-14(17-9-11-4-3-7-18-11)12-8-10(15)5-6-13(12)16/h3-8,14,17H,2,9H2,1H3/t14-/m0/s1. The number of benzene rings is 1. The molecular formula is C14H15F2NS. The number of rotatable bonds is 5. The van der Waals surface area contributed by atoms with E-state index in [9.17, 15) is 8.78 Å². The summed E-state index contributed by atoms with van der Waals surface area (Å²) in [5, 5.41) is 5.26. The molecular weight excluding hydrogens is 252 g/mol. The quantitative estimate of drug-likeness (QED) is 0.853. The van der Waals surface area contributed by atoms with Gasteiger partial charge in [0.15, 0.2) is 0 Å². The van der Waals surface area contributed by atoms with E-state index >= 15 is 0 Å². The van der Waals surface area contributed by atoms with Gasteiger partial charge in [0.2, 0.25) is 0 Å². The molecule has 0 saturated heterocycles. The van der Waals surface area contributed by atoms with Gasteiger partial charge in [-0.1, -0.05) is 13.0 Å². The van der Waals surface area contributed by atoms with Gasteiger partial charge in [-0.3, -0.25) is 0 Å². The van der Waals surface area contributed by atoms with Crippen molar-refractivity contribution in [2.24, 2.45) is 0 Å². The summed E-state index contributed by atoms with van der Waals surface area (Å²) in [7, 11) is 0. The van der Waals surface area contributed by atoms with Crippen molar-refractivity contribution in [2.45, 2.75) is 25.9 Å². The number of thiophene rings is 1. The van der Waals surface area contributed by atoms with Gasteiger partial charge in [0, 0.05) is 23.0 Å². The summed E-state index contributed by atoms with van der Waals surface area (Å²) in [5.41, 5.74) is 0.397. The fraction of sp³-hybridized carbons (Fsp3) is 0.286. The van der Waals surface area contributed by atoms with Crippen LogP contribution in [0.1, 0.15) is 29.8 Å². The molecule has 2 aromatic rings. The van der Waals surface area contributed by atoms with Crippen molar-refractivity contribution in [3.8, 4) is 0 Å². The van der Waals surface area contributed by atoms with E-state index < -0.39 is 5.82 Å². The van der Waals surface area contributed by atoms with E-state index in [0.29, 0.717) is 18.5 Å². The highest BCUT2D eigenvalue weighted by Gasteiger charge is 2.14. The van der Waals surface area contributed by atoms with E-state index in [2.05, 4.69) is 5.32 Å². The molecule has 0 radical (unpaired) electrons. The lowest BCUT2D eigenvalue weighted by Gasteiger charge is -2.17. The smallest absolute Gasteiger partial charge is 0.128 e. The van der Waals surface area contributed by atoms with Gasteiger partial charge in [-0.25, -0.2) is 8.78 Å². The van der Waals surface area contributed by atoms with E-state index in [-0.39, 0.29) is 11.9 Å². The summed E-state index contributed by atoms with van der Waals surface area (Å²) >= 11 is 1.65. The molecule has 1 aromatic heterocycles. The molecule has 0 aliphatic rings. The lowest BCUT2D eigenvalue weighted by molar-refractivity contribution is 0.484. The molecule has 1 atom stereocenters. The number of hydrogen-bond acceptors (Lipinski definition) is 2. The van der Waals surface area contributed by atoms with Crippen LogP contribution in [0, 0.1) is 11.6 Å². The van der Waals surface area contributed by atoms with Gasteiger partial charge in [-0.2, -0.15) is 0 Å². The molecule has 0 bridgehead atoms. The Balaban J connectivity index is 2.10. The minimum absolute atomic E-state index is 0.164. The largest absolute Gasteiger partial charge is 0.305 e. The van der Waals surface area contributed by atoms with Crippen LogP contribution < -0.4 is 5.32 Å². The summed E-state index contributed by atoms with van der Waals surface area (Å²) in [6.07, 6.45) is 0.714. The van der Waals surface area contributed by atoms with Gasteiger partial charge in [0.1, 0.15) is 11.6 Å². The molecule has 0 amide bonds. The van der Waals surface area contributed by atoms with Gasteiger partial charge < -0.3 is 5.32 Å². The number of hydrogen-bond donors (Lipinski definition) is 1. The Kier molecular flexibility index (Phi) is 4.44. The Labute approximate surface area is 109 Å². The van der Waals surface area contributed by atoms with Crippen LogP contribution in [0.3, 0.4) is 0 Å². The van der Waals surface area contributed by atoms with Gasteiger partial charge in [0.05, 0.1) is 0 Å². The molecule has 0 spiro atoms. The van der Waals surface area contributed by atoms with Crippen molar-refractivity contribution in [3.63, 3.8) is 0 Å². The van der Waals surface area contributed by atoms with Gasteiger partial charge in [-0.15, -0.1) is 11.3 Å². The molecule has 0 saturated carbocycles. The highest BCUT2D eigenvalue weighted by molar-refractivity contribution is 7.09. The van der Waals surface area contributed by atoms with E-state index in [1.807, 2.05) is 24.4 Å². The third-order valence-electron chi connectivity index (χ3n) is 2.84. The maximum Gasteiger partial charge on any atom is 0.128 e. The fourth-order valence-electron chi connectivity index (χ4n) is 1.89. The first-order valence-corrected chi connectivity index (χ1v) is 6.79. The van der Waals surface area contributed by atoms with Crippen molar-refractivity contribution in [2.75, 3.05) is 0 Å². The Morgan fingerprint density at radius 1 is 1.28 bits per heavy atom. The monoisotopic (exact) mass is 267 g/mol. The third-order valence-corrected chi connectivity index (χ3v) is 3.72. The van der Waals surface area contributed by atoms with Crippen molar-refractivity contribution < 1.29 is 8.78 Å². The van der Waals surface area contributed by atoms with Crippen LogP contribution in [0.4, 0.5) is 8.78 Å². The summed E-state index contributed by atoms with van der Waals surface area (Å²) < 4.78 is 26.8. The molecule has 4 heteroatoms. The molecule has 2 rings (SSSR count). The molecule has 1 nitrogen and oxygen atoms in total. The Morgan fingerprint density at radius 2 is 2.11 bits per heavy atom. The molecule has 0 unspecified atom stereocenters. The summed E-state index contributed by atoms with van der Waals surface area (Å²) in [6, 6.07) is 7.43. The number of nitrogens with one attached hydrogen (secondary N) is 1. The van der Waals surface area contributed by atoms with Crippen molar-refractivity contribution in [3.05, 3.63) is 57.8 Å². The van der Waals surface area contributed by atoms with Crippen LogP contribution in [0.5, 0.6) is 0 Å². The van der Waals surface area contributed by atoms with Gasteiger partial charge >= 0.3 is 0 Å². The van der Waals surface area contributed by atoms with Crippen LogP contribution in [-0.2, 0) is 6.54 Å². The van der Waals surface area contributed by atoms with E-state index in [0.717, 1.165) is 6.07 Å². The van der Waals surface area contributed by atoms with Crippen LogP contribution in [0.2, 0.25) is 0 Å². The molecule has 0 aliphatic carbocycles. The van der Waals surface area contributed by atoms with Crippen molar-refractivity contribution >= 4 is 11.3 Å². The molecule has 1 aromatic carbocycles. The van der Waals surface area contributed by atoms with E-state index in [4.69, 9.17) is 0 Å². The molecule has 0 fully saturated rings. The Hall–Kier alpha value is -1.26. The minimum Gasteiger partial charge on any atom is -0.305 e. The Morgan fingerprint density at radius 3 is 2.78 bits per heavy atom. The van der Waals surface area contributed by atoms with Crippen molar-refractivity contribution in [1.82, 2.24) is 5.32 Å². The molecule has 1 N–H and O–H groups in total. The average Bonchev–Trinajstić information content (AvgIpc) is 2.87. The first-order valence-electron chi connectivity index (χ1n) is 5.91. The van der Waals surface area contributed by atoms with Gasteiger partial charge in [0.25, 0.3) is 0 Å². The molecule has 96 valence electrons. The van der Waals surface area contributed by atoms with Gasteiger partial charge in [-0.05, 0) is 36.1 Å². The zero-order chi connectivity index (χ0) is 13.0. The number of halogens is 2. The fourth-order valence-corrected chi connectivity index (χ4v) is 2.55. The predicted molar refractivity (Wildman–Crippen MR) is 70.5 cm³/mol. The first-order chi connectivity index (χ1) is 8.70. The molecule has 18 heavy (non-hydrogen) atoms. The van der Waals surface area contributed by atoms with E-state index in [1.165, 1.54) is 17.0 Å². The van der Waals surface area contributed by atoms with Crippen LogP contribution in [-0.4, -0.2) is 0 Å². The average molecular weight is 267 g/mol. The second-order valence-electron chi connectivity index (χ2n) is 4.09. The highest BCUT2D eigenvalue weighted by Crippen LogP contribution is 2.22. The first kappa shape index (κ1) is 13.2. The summed E-state index contributed by atoms with van der Waals surface area (Å²) in [5.74, 6) is -0.760. The molecule has 0 aliphatic heterocycles. The maximum absolute atomic E-state index is 13.7. The zero-order valence-electron chi connectivity index (χ0n) is 10.1. The lowest BCUT2D eigenvalue weighted by atomic mass is 10.0. The summed E-state index contributed by atoms with van der Waals surface area (Å²) in [4.78, 5) is 1.19. The third kappa shape index (κ3) is 3.15. The van der Waals surface area contributed by atoms with Crippen LogP contribution in [0.15, 0.2) is 35.7 Å². The van der Waals surface area contributed by atoms with Crippen LogP contribution >= 0.6 is 11.3 Å². The SMILES string of the molecule is CC[C@H](NCc1cccs1)c1cc(F)ccc1F.